The second-order valence-corrected chi connectivity index (χ2v) is 3.63. The first-order valence-electron chi connectivity index (χ1n) is 3.94. The fourth-order valence-corrected chi connectivity index (χ4v) is 1.18. The van der Waals surface area contributed by atoms with Crippen molar-refractivity contribution in [3.8, 4) is 6.07 Å². The van der Waals surface area contributed by atoms with E-state index in [1.165, 1.54) is 0 Å². The summed E-state index contributed by atoms with van der Waals surface area (Å²) in [7, 11) is 0. The number of nitriles is 1. The van der Waals surface area contributed by atoms with Crippen LogP contribution < -0.4 is 5.32 Å². The van der Waals surface area contributed by atoms with Crippen molar-refractivity contribution in [3.63, 3.8) is 0 Å². The van der Waals surface area contributed by atoms with Gasteiger partial charge in [-0.2, -0.15) is 5.26 Å². The second-order valence-electron chi connectivity index (χ2n) is 2.91. The molecule has 6 heteroatoms. The quantitative estimate of drug-likeness (QED) is 0.849. The van der Waals surface area contributed by atoms with Crippen molar-refractivity contribution in [2.75, 3.05) is 5.32 Å². The van der Waals surface area contributed by atoms with Gasteiger partial charge in [-0.05, 0) is 13.8 Å². The minimum atomic E-state index is 0.0333. The van der Waals surface area contributed by atoms with Crippen molar-refractivity contribution in [2.24, 2.45) is 0 Å². The third-order valence-corrected chi connectivity index (χ3v) is 1.87. The van der Waals surface area contributed by atoms with Crippen molar-refractivity contribution in [2.45, 2.75) is 19.9 Å². The molecule has 0 saturated carbocycles. The number of hydrogen-bond acceptors (Lipinski definition) is 4. The van der Waals surface area contributed by atoms with Gasteiger partial charge in [0, 0.05) is 6.04 Å². The lowest BCUT2D eigenvalue weighted by Gasteiger charge is -2.10. The predicted octanol–water partition coefficient (Wildman–Crippen LogP) is 2.48. The van der Waals surface area contributed by atoms with Crippen LogP contribution in [0, 0.1) is 11.3 Å². The van der Waals surface area contributed by atoms with Gasteiger partial charge in [-0.15, -0.1) is 0 Å². The fraction of sp³-hybridized carbons (Fsp3) is 0.375. The van der Waals surface area contributed by atoms with E-state index in [2.05, 4.69) is 15.3 Å². The molecule has 0 unspecified atom stereocenters. The Morgan fingerprint density at radius 3 is 2.43 bits per heavy atom. The van der Waals surface area contributed by atoms with Gasteiger partial charge in [0.15, 0.2) is 21.8 Å². The molecule has 4 nitrogen and oxygen atoms in total. The second kappa shape index (κ2) is 4.45. The molecule has 0 saturated heterocycles. The number of nitrogens with zero attached hydrogens (tertiary/aromatic N) is 3. The fourth-order valence-electron chi connectivity index (χ4n) is 0.831. The molecule has 1 heterocycles. The Morgan fingerprint density at radius 2 is 1.93 bits per heavy atom. The van der Waals surface area contributed by atoms with Gasteiger partial charge in [0.05, 0.1) is 0 Å². The van der Waals surface area contributed by atoms with E-state index in [0.717, 1.165) is 0 Å². The summed E-state index contributed by atoms with van der Waals surface area (Å²) in [4.78, 5) is 7.71. The lowest BCUT2D eigenvalue weighted by atomic mass is 10.4. The third kappa shape index (κ3) is 2.47. The van der Waals surface area contributed by atoms with Gasteiger partial charge in [-0.3, -0.25) is 0 Å². The first kappa shape index (κ1) is 11.0. The Kier molecular flexibility index (Phi) is 3.50. The maximum absolute atomic E-state index is 8.60. The average molecular weight is 231 g/mol. The Bertz CT molecular complexity index is 384. The van der Waals surface area contributed by atoms with Gasteiger partial charge < -0.3 is 5.32 Å². The standard InChI is InChI=1S/C8H8Cl2N4/c1-4(2)12-8-7(10)13-5(3-11)6(9)14-8/h4H,1-2H3,(H,12,14). The van der Waals surface area contributed by atoms with Crippen LogP contribution in [0.5, 0.6) is 0 Å². The van der Waals surface area contributed by atoms with Crippen LogP contribution in [0.15, 0.2) is 0 Å². The SMILES string of the molecule is CC(C)Nc1nc(Cl)c(C#N)nc1Cl. The zero-order chi connectivity index (χ0) is 10.7. The summed E-state index contributed by atoms with van der Waals surface area (Å²) in [6.07, 6.45) is 0. The number of aromatic nitrogens is 2. The molecule has 0 atom stereocenters. The average Bonchev–Trinajstić information content (AvgIpc) is 2.10. The van der Waals surface area contributed by atoms with E-state index in [1.54, 1.807) is 6.07 Å². The maximum Gasteiger partial charge on any atom is 0.179 e. The minimum Gasteiger partial charge on any atom is -0.365 e. The highest BCUT2D eigenvalue weighted by Gasteiger charge is 2.10. The number of halogens is 2. The van der Waals surface area contributed by atoms with Crippen LogP contribution in [0.1, 0.15) is 19.5 Å². The van der Waals surface area contributed by atoms with Gasteiger partial charge in [-0.25, -0.2) is 9.97 Å². The molecule has 1 N–H and O–H groups in total. The number of hydrogen-bond donors (Lipinski definition) is 1. The van der Waals surface area contributed by atoms with Crippen molar-refractivity contribution in [1.82, 2.24) is 9.97 Å². The molecule has 14 heavy (non-hydrogen) atoms. The van der Waals surface area contributed by atoms with Gasteiger partial charge >= 0.3 is 0 Å². The summed E-state index contributed by atoms with van der Waals surface area (Å²) < 4.78 is 0. The Morgan fingerprint density at radius 1 is 1.29 bits per heavy atom. The van der Waals surface area contributed by atoms with E-state index < -0.39 is 0 Å². The molecule has 0 aromatic carbocycles. The van der Waals surface area contributed by atoms with E-state index in [9.17, 15) is 0 Å². The molecule has 1 aromatic rings. The molecule has 0 radical (unpaired) electrons. The monoisotopic (exact) mass is 230 g/mol. The zero-order valence-electron chi connectivity index (χ0n) is 7.67. The van der Waals surface area contributed by atoms with Crippen LogP contribution in [0.2, 0.25) is 10.3 Å². The van der Waals surface area contributed by atoms with Crippen LogP contribution in [-0.2, 0) is 0 Å². The number of rotatable bonds is 2. The van der Waals surface area contributed by atoms with Crippen molar-refractivity contribution in [3.05, 3.63) is 16.0 Å². The van der Waals surface area contributed by atoms with Crippen molar-refractivity contribution >= 4 is 29.0 Å². The Hall–Kier alpha value is -1.05. The molecule has 0 aliphatic rings. The lowest BCUT2D eigenvalue weighted by Crippen LogP contribution is -2.12. The molecule has 0 fully saturated rings. The Labute approximate surface area is 91.9 Å². The molecule has 0 bridgehead atoms. The highest BCUT2D eigenvalue weighted by atomic mass is 35.5. The molecule has 0 amide bonds. The number of nitrogens with one attached hydrogen (secondary N) is 1. The van der Waals surface area contributed by atoms with E-state index in [4.69, 9.17) is 28.5 Å². The van der Waals surface area contributed by atoms with Crippen molar-refractivity contribution < 1.29 is 0 Å². The molecular weight excluding hydrogens is 223 g/mol. The number of anilines is 1. The molecule has 74 valence electrons. The largest absolute Gasteiger partial charge is 0.365 e. The van der Waals surface area contributed by atoms with Crippen LogP contribution in [0.4, 0.5) is 5.82 Å². The topological polar surface area (TPSA) is 61.6 Å². The first-order chi connectivity index (χ1) is 6.54. The molecule has 0 spiro atoms. The minimum absolute atomic E-state index is 0.0333. The molecular formula is C8H8Cl2N4. The highest BCUT2D eigenvalue weighted by Crippen LogP contribution is 2.21. The zero-order valence-corrected chi connectivity index (χ0v) is 9.19. The van der Waals surface area contributed by atoms with Crippen molar-refractivity contribution in [1.29, 1.82) is 5.26 Å². The smallest absolute Gasteiger partial charge is 0.179 e. The summed E-state index contributed by atoms with van der Waals surface area (Å²) in [5.74, 6) is 0.394. The molecule has 1 aromatic heterocycles. The highest BCUT2D eigenvalue weighted by molar-refractivity contribution is 6.33. The lowest BCUT2D eigenvalue weighted by molar-refractivity contribution is 0.885. The molecule has 0 aliphatic heterocycles. The van der Waals surface area contributed by atoms with Crippen LogP contribution in [-0.4, -0.2) is 16.0 Å². The van der Waals surface area contributed by atoms with Crippen LogP contribution in [0.25, 0.3) is 0 Å². The Balaban J connectivity index is 3.10. The van der Waals surface area contributed by atoms with Gasteiger partial charge in [-0.1, -0.05) is 23.2 Å². The van der Waals surface area contributed by atoms with Gasteiger partial charge in [0.1, 0.15) is 6.07 Å². The predicted molar refractivity (Wildman–Crippen MR) is 55.5 cm³/mol. The van der Waals surface area contributed by atoms with E-state index >= 15 is 0 Å². The van der Waals surface area contributed by atoms with E-state index in [-0.39, 0.29) is 22.0 Å². The van der Waals surface area contributed by atoms with E-state index in [0.29, 0.717) is 5.82 Å². The molecule has 0 aliphatic carbocycles. The van der Waals surface area contributed by atoms with Gasteiger partial charge in [0.2, 0.25) is 0 Å². The van der Waals surface area contributed by atoms with Crippen LogP contribution >= 0.6 is 23.2 Å². The van der Waals surface area contributed by atoms with Crippen LogP contribution in [0.3, 0.4) is 0 Å². The summed E-state index contributed by atoms with van der Waals surface area (Å²) in [5.41, 5.74) is 0.0333. The summed E-state index contributed by atoms with van der Waals surface area (Å²) in [6.45, 7) is 3.87. The van der Waals surface area contributed by atoms with Gasteiger partial charge in [0.25, 0.3) is 0 Å². The third-order valence-electron chi connectivity index (χ3n) is 1.34. The first-order valence-corrected chi connectivity index (χ1v) is 4.70. The summed E-state index contributed by atoms with van der Waals surface area (Å²) >= 11 is 11.5. The maximum atomic E-state index is 8.60. The normalized spacial score (nSPS) is 10.0. The molecule has 1 rings (SSSR count). The van der Waals surface area contributed by atoms with E-state index in [1.807, 2.05) is 13.8 Å². The summed E-state index contributed by atoms with van der Waals surface area (Å²) in [6, 6.07) is 1.97. The summed E-state index contributed by atoms with van der Waals surface area (Å²) in [5, 5.41) is 11.8.